The molecule has 1 heterocycles. The lowest BCUT2D eigenvalue weighted by Gasteiger charge is -2.31. The van der Waals surface area contributed by atoms with Crippen molar-refractivity contribution in [2.45, 2.75) is 20.0 Å². The lowest BCUT2D eigenvalue weighted by Crippen LogP contribution is -2.50. The van der Waals surface area contributed by atoms with Crippen LogP contribution in [-0.2, 0) is 9.47 Å². The molecule has 17 heavy (non-hydrogen) atoms. The first kappa shape index (κ1) is 13.6. The third kappa shape index (κ3) is 4.10. The summed E-state index contributed by atoms with van der Waals surface area (Å²) in [6.07, 6.45) is -0.960. The van der Waals surface area contributed by atoms with Crippen molar-refractivity contribution in [3.8, 4) is 0 Å². The number of carbonyl (C=O) groups excluding carboxylic acids is 1. The molecule has 0 radical (unpaired) electrons. The summed E-state index contributed by atoms with van der Waals surface area (Å²) in [5, 5.41) is 11.4. The molecular weight excluding hydrogens is 226 g/mol. The fourth-order valence-electron chi connectivity index (χ4n) is 1.39. The zero-order valence-corrected chi connectivity index (χ0v) is 10.1. The Morgan fingerprint density at radius 3 is 3.00 bits per heavy atom. The van der Waals surface area contributed by atoms with E-state index in [0.29, 0.717) is 25.7 Å². The number of oxime groups is 1. The van der Waals surface area contributed by atoms with Gasteiger partial charge in [0.2, 0.25) is 0 Å². The predicted molar refractivity (Wildman–Crippen MR) is 60.9 cm³/mol. The minimum absolute atomic E-state index is 0.0358. The Hall–Kier alpha value is -1.50. The zero-order chi connectivity index (χ0) is 12.8. The van der Waals surface area contributed by atoms with E-state index in [0.717, 1.165) is 0 Å². The number of amides is 1. The standard InChI is InChI=1S/C10H19N3O4/c1-7(2)6-17-10(14)13-3-4-16-8(5-13)9(11)12-15/h7-8,15H,3-6H2,1-2H3,(H2,11,12). The summed E-state index contributed by atoms with van der Waals surface area (Å²) in [7, 11) is 0. The Labute approximate surface area is 100 Å². The molecule has 98 valence electrons. The third-order valence-corrected chi connectivity index (χ3v) is 2.31. The lowest BCUT2D eigenvalue weighted by atomic mass is 10.2. The van der Waals surface area contributed by atoms with E-state index in [1.54, 1.807) is 0 Å². The van der Waals surface area contributed by atoms with Crippen LogP contribution in [0.5, 0.6) is 0 Å². The Kier molecular flexibility index (Phi) is 5.02. The van der Waals surface area contributed by atoms with Gasteiger partial charge in [0.05, 0.1) is 19.8 Å². The van der Waals surface area contributed by atoms with Crippen LogP contribution in [-0.4, -0.2) is 54.4 Å². The Morgan fingerprint density at radius 2 is 2.41 bits per heavy atom. The summed E-state index contributed by atoms with van der Waals surface area (Å²) in [6.45, 7) is 5.35. The maximum Gasteiger partial charge on any atom is 0.409 e. The second-order valence-corrected chi connectivity index (χ2v) is 4.30. The second kappa shape index (κ2) is 6.29. The Bertz CT molecular complexity index is 293. The Balaban J connectivity index is 2.46. The molecule has 1 atom stereocenters. The fraction of sp³-hybridized carbons (Fsp3) is 0.800. The molecule has 1 saturated heterocycles. The van der Waals surface area contributed by atoms with E-state index in [4.69, 9.17) is 20.4 Å². The van der Waals surface area contributed by atoms with Crippen LogP contribution in [0.25, 0.3) is 0 Å². The quantitative estimate of drug-likeness (QED) is 0.321. The van der Waals surface area contributed by atoms with E-state index in [2.05, 4.69) is 5.16 Å². The first-order chi connectivity index (χ1) is 8.04. The van der Waals surface area contributed by atoms with Crippen LogP contribution < -0.4 is 5.73 Å². The number of rotatable bonds is 3. The molecule has 1 aliphatic rings. The number of carbonyl (C=O) groups is 1. The molecule has 0 aromatic carbocycles. The van der Waals surface area contributed by atoms with Gasteiger partial charge in [-0.1, -0.05) is 19.0 Å². The molecule has 3 N–H and O–H groups in total. The highest BCUT2D eigenvalue weighted by Gasteiger charge is 2.27. The van der Waals surface area contributed by atoms with Gasteiger partial charge in [0.1, 0.15) is 6.10 Å². The van der Waals surface area contributed by atoms with Gasteiger partial charge in [-0.05, 0) is 5.92 Å². The third-order valence-electron chi connectivity index (χ3n) is 2.31. The van der Waals surface area contributed by atoms with Crippen LogP contribution in [0.3, 0.4) is 0 Å². The topological polar surface area (TPSA) is 97.4 Å². The molecule has 7 heteroatoms. The van der Waals surface area contributed by atoms with E-state index >= 15 is 0 Å². The molecule has 1 aliphatic heterocycles. The lowest BCUT2D eigenvalue weighted by molar-refractivity contribution is -0.000454. The van der Waals surface area contributed by atoms with Crippen LogP contribution in [0.2, 0.25) is 0 Å². The maximum absolute atomic E-state index is 11.7. The summed E-state index contributed by atoms with van der Waals surface area (Å²) >= 11 is 0. The van der Waals surface area contributed by atoms with Crippen molar-refractivity contribution in [1.82, 2.24) is 4.90 Å². The SMILES string of the molecule is CC(C)COC(=O)N1CCOC(C(N)=NO)C1. The smallest absolute Gasteiger partial charge is 0.409 e. The number of hydrogen-bond donors (Lipinski definition) is 2. The van der Waals surface area contributed by atoms with Gasteiger partial charge < -0.3 is 25.3 Å². The average Bonchev–Trinajstić information content (AvgIpc) is 2.35. The normalized spacial score (nSPS) is 21.7. The average molecular weight is 245 g/mol. The number of hydrogen-bond acceptors (Lipinski definition) is 5. The highest BCUT2D eigenvalue weighted by Crippen LogP contribution is 2.08. The van der Waals surface area contributed by atoms with Gasteiger partial charge in [-0.2, -0.15) is 0 Å². The van der Waals surface area contributed by atoms with Crippen LogP contribution >= 0.6 is 0 Å². The van der Waals surface area contributed by atoms with Gasteiger partial charge in [0.25, 0.3) is 0 Å². The van der Waals surface area contributed by atoms with Crippen molar-refractivity contribution in [3.63, 3.8) is 0 Å². The van der Waals surface area contributed by atoms with E-state index < -0.39 is 12.2 Å². The highest BCUT2D eigenvalue weighted by atomic mass is 16.6. The van der Waals surface area contributed by atoms with Crippen molar-refractivity contribution >= 4 is 11.9 Å². The van der Waals surface area contributed by atoms with Gasteiger partial charge in [0, 0.05) is 6.54 Å². The van der Waals surface area contributed by atoms with Gasteiger partial charge in [-0.25, -0.2) is 4.79 Å². The van der Waals surface area contributed by atoms with Crippen molar-refractivity contribution in [2.75, 3.05) is 26.3 Å². The molecular formula is C10H19N3O4. The monoisotopic (exact) mass is 245 g/mol. The van der Waals surface area contributed by atoms with Crippen LogP contribution in [0, 0.1) is 5.92 Å². The summed E-state index contributed by atoms with van der Waals surface area (Å²) < 4.78 is 10.4. The number of nitrogens with two attached hydrogens (primary N) is 1. The molecule has 1 rings (SSSR count). The molecule has 0 spiro atoms. The number of ether oxygens (including phenoxy) is 2. The Morgan fingerprint density at radius 1 is 1.71 bits per heavy atom. The van der Waals surface area contributed by atoms with E-state index in [-0.39, 0.29) is 12.4 Å². The van der Waals surface area contributed by atoms with E-state index in [1.165, 1.54) is 4.90 Å². The fourth-order valence-corrected chi connectivity index (χ4v) is 1.39. The van der Waals surface area contributed by atoms with Gasteiger partial charge >= 0.3 is 6.09 Å². The van der Waals surface area contributed by atoms with E-state index in [1.807, 2.05) is 13.8 Å². The number of amidine groups is 1. The van der Waals surface area contributed by atoms with E-state index in [9.17, 15) is 4.79 Å². The first-order valence-electron chi connectivity index (χ1n) is 5.55. The molecule has 1 amide bonds. The molecule has 0 aromatic rings. The van der Waals surface area contributed by atoms with Crippen LogP contribution in [0.15, 0.2) is 5.16 Å². The summed E-state index contributed by atoms with van der Waals surface area (Å²) in [6, 6.07) is 0. The molecule has 0 aliphatic carbocycles. The molecule has 7 nitrogen and oxygen atoms in total. The van der Waals surface area contributed by atoms with Gasteiger partial charge in [-0.3, -0.25) is 0 Å². The number of morpholine rings is 1. The van der Waals surface area contributed by atoms with Crippen molar-refractivity contribution in [3.05, 3.63) is 0 Å². The largest absolute Gasteiger partial charge is 0.449 e. The maximum atomic E-state index is 11.7. The molecule has 0 aromatic heterocycles. The van der Waals surface area contributed by atoms with Gasteiger partial charge in [0.15, 0.2) is 5.84 Å². The summed E-state index contributed by atoms with van der Waals surface area (Å²) in [4.78, 5) is 13.2. The van der Waals surface area contributed by atoms with Crippen molar-refractivity contribution in [1.29, 1.82) is 0 Å². The van der Waals surface area contributed by atoms with Crippen LogP contribution in [0.1, 0.15) is 13.8 Å². The van der Waals surface area contributed by atoms with Gasteiger partial charge in [-0.15, -0.1) is 0 Å². The first-order valence-corrected chi connectivity index (χ1v) is 5.55. The minimum Gasteiger partial charge on any atom is -0.449 e. The zero-order valence-electron chi connectivity index (χ0n) is 10.1. The van der Waals surface area contributed by atoms with Crippen molar-refractivity contribution < 1.29 is 19.5 Å². The molecule has 0 saturated carbocycles. The second-order valence-electron chi connectivity index (χ2n) is 4.30. The molecule has 0 bridgehead atoms. The summed E-state index contributed by atoms with van der Waals surface area (Å²) in [5.74, 6) is 0.256. The summed E-state index contributed by atoms with van der Waals surface area (Å²) in [5.41, 5.74) is 5.43. The van der Waals surface area contributed by atoms with Crippen molar-refractivity contribution in [2.24, 2.45) is 16.8 Å². The van der Waals surface area contributed by atoms with Crippen LogP contribution in [0.4, 0.5) is 4.79 Å². The minimum atomic E-state index is -0.569. The number of nitrogens with zero attached hydrogens (tertiary/aromatic N) is 2. The molecule has 1 unspecified atom stereocenters. The molecule has 1 fully saturated rings. The predicted octanol–water partition coefficient (Wildman–Crippen LogP) is 0.226. The highest BCUT2D eigenvalue weighted by molar-refractivity contribution is 5.85.